The largest absolute Gasteiger partial charge is 0.346 e. The van der Waals surface area contributed by atoms with E-state index >= 15 is 0 Å². The van der Waals surface area contributed by atoms with Crippen molar-refractivity contribution < 1.29 is 14.1 Å². The number of nitro benzene ring substituents is 1. The minimum absolute atomic E-state index is 0.105. The van der Waals surface area contributed by atoms with E-state index in [1.54, 1.807) is 42.6 Å². The smallest absolute Gasteiger partial charge is 0.270 e. The number of hydrogen-bond donors (Lipinski definition) is 1. The molecule has 0 saturated heterocycles. The standard InChI is InChI=1S/C19H14FN3O3S/c20-16-6-1-2-7-18(16)27-17-9-8-14(23(25)26)11-15(17)19(24)22-12-13-5-3-4-10-21-13/h1-11H,12H2,(H,22,24). The molecule has 3 aromatic rings. The number of benzene rings is 2. The molecule has 1 N–H and O–H groups in total. The summed E-state index contributed by atoms with van der Waals surface area (Å²) in [6, 6.07) is 15.4. The molecule has 0 aliphatic carbocycles. The number of amides is 1. The summed E-state index contributed by atoms with van der Waals surface area (Å²) in [4.78, 5) is 28.0. The zero-order valence-electron chi connectivity index (χ0n) is 14.0. The van der Waals surface area contributed by atoms with Crippen LogP contribution in [0.25, 0.3) is 0 Å². The SMILES string of the molecule is O=C(NCc1ccccn1)c1cc([N+](=O)[O-])ccc1Sc1ccccc1F. The molecule has 3 rings (SSSR count). The van der Waals surface area contributed by atoms with E-state index in [2.05, 4.69) is 10.3 Å². The minimum atomic E-state index is -0.576. The van der Waals surface area contributed by atoms with E-state index in [0.717, 1.165) is 11.8 Å². The van der Waals surface area contributed by atoms with Gasteiger partial charge in [-0.15, -0.1) is 0 Å². The van der Waals surface area contributed by atoms with Crippen molar-refractivity contribution in [2.45, 2.75) is 16.3 Å². The van der Waals surface area contributed by atoms with Crippen LogP contribution in [0.3, 0.4) is 0 Å². The van der Waals surface area contributed by atoms with Gasteiger partial charge in [0.1, 0.15) is 5.82 Å². The molecule has 1 heterocycles. The van der Waals surface area contributed by atoms with E-state index in [1.165, 1.54) is 24.3 Å². The van der Waals surface area contributed by atoms with E-state index in [1.807, 2.05) is 0 Å². The van der Waals surface area contributed by atoms with Gasteiger partial charge in [-0.3, -0.25) is 19.9 Å². The molecule has 6 nitrogen and oxygen atoms in total. The lowest BCUT2D eigenvalue weighted by Gasteiger charge is -2.10. The summed E-state index contributed by atoms with van der Waals surface area (Å²) in [5, 5.41) is 13.8. The fourth-order valence-corrected chi connectivity index (χ4v) is 3.26. The Morgan fingerprint density at radius 1 is 1.11 bits per heavy atom. The molecule has 136 valence electrons. The number of nitrogens with one attached hydrogen (secondary N) is 1. The Hall–Kier alpha value is -3.26. The third kappa shape index (κ3) is 4.68. The van der Waals surface area contributed by atoms with E-state index in [-0.39, 0.29) is 17.8 Å². The summed E-state index contributed by atoms with van der Waals surface area (Å²) in [6.07, 6.45) is 1.61. The Morgan fingerprint density at radius 3 is 2.59 bits per heavy atom. The molecule has 0 spiro atoms. The Balaban J connectivity index is 1.88. The number of pyridine rings is 1. The number of aromatic nitrogens is 1. The molecule has 1 amide bonds. The molecule has 0 radical (unpaired) electrons. The first-order valence-corrected chi connectivity index (χ1v) is 8.75. The Kier molecular flexibility index (Phi) is 5.77. The number of nitrogens with zero attached hydrogens (tertiary/aromatic N) is 2. The van der Waals surface area contributed by atoms with Gasteiger partial charge in [0.25, 0.3) is 11.6 Å². The van der Waals surface area contributed by atoms with Crippen LogP contribution < -0.4 is 5.32 Å². The van der Waals surface area contributed by atoms with Crippen LogP contribution in [-0.4, -0.2) is 15.8 Å². The van der Waals surface area contributed by atoms with Gasteiger partial charge in [-0.05, 0) is 30.3 Å². The van der Waals surface area contributed by atoms with E-state index < -0.39 is 16.6 Å². The van der Waals surface area contributed by atoms with Crippen LogP contribution in [0.4, 0.5) is 10.1 Å². The Bertz CT molecular complexity index is 983. The molecular weight excluding hydrogens is 369 g/mol. The highest BCUT2D eigenvalue weighted by Crippen LogP contribution is 2.34. The van der Waals surface area contributed by atoms with Crippen LogP contribution in [0, 0.1) is 15.9 Å². The van der Waals surface area contributed by atoms with Crippen molar-refractivity contribution in [3.05, 3.63) is 94.0 Å². The van der Waals surface area contributed by atoms with Gasteiger partial charge in [-0.2, -0.15) is 0 Å². The van der Waals surface area contributed by atoms with Gasteiger partial charge in [0.2, 0.25) is 0 Å². The van der Waals surface area contributed by atoms with Crippen molar-refractivity contribution in [1.82, 2.24) is 10.3 Å². The highest BCUT2D eigenvalue weighted by molar-refractivity contribution is 7.99. The van der Waals surface area contributed by atoms with Crippen LogP contribution >= 0.6 is 11.8 Å². The van der Waals surface area contributed by atoms with E-state index in [4.69, 9.17) is 0 Å². The number of hydrogen-bond acceptors (Lipinski definition) is 5. The first-order chi connectivity index (χ1) is 13.0. The molecule has 0 fully saturated rings. The lowest BCUT2D eigenvalue weighted by Crippen LogP contribution is -2.24. The predicted molar refractivity (Wildman–Crippen MR) is 99.0 cm³/mol. The zero-order chi connectivity index (χ0) is 19.2. The maximum absolute atomic E-state index is 13.9. The summed E-state index contributed by atoms with van der Waals surface area (Å²) in [7, 11) is 0. The van der Waals surface area contributed by atoms with Gasteiger partial charge in [-0.1, -0.05) is 30.0 Å². The van der Waals surface area contributed by atoms with Crippen molar-refractivity contribution >= 4 is 23.4 Å². The average molecular weight is 383 g/mol. The molecule has 8 heteroatoms. The molecule has 0 aliphatic heterocycles. The third-order valence-corrected chi connectivity index (χ3v) is 4.76. The Morgan fingerprint density at radius 2 is 1.89 bits per heavy atom. The van der Waals surface area contributed by atoms with Gasteiger partial charge in [0.15, 0.2) is 0 Å². The number of non-ortho nitro benzene ring substituents is 1. The number of carbonyl (C=O) groups excluding carboxylic acids is 1. The normalized spacial score (nSPS) is 10.4. The number of rotatable bonds is 6. The summed E-state index contributed by atoms with van der Waals surface area (Å²) >= 11 is 1.04. The quantitative estimate of drug-likeness (QED) is 0.509. The van der Waals surface area contributed by atoms with Gasteiger partial charge < -0.3 is 5.32 Å². The molecule has 0 saturated carbocycles. The third-order valence-electron chi connectivity index (χ3n) is 3.63. The second-order valence-corrected chi connectivity index (χ2v) is 6.56. The summed E-state index contributed by atoms with van der Waals surface area (Å²) in [5.74, 6) is -0.927. The monoisotopic (exact) mass is 383 g/mol. The second-order valence-electron chi connectivity index (χ2n) is 5.47. The average Bonchev–Trinajstić information content (AvgIpc) is 2.69. The van der Waals surface area contributed by atoms with E-state index in [9.17, 15) is 19.3 Å². The lowest BCUT2D eigenvalue weighted by molar-refractivity contribution is -0.384. The number of halogens is 1. The maximum atomic E-state index is 13.9. The molecule has 2 aromatic carbocycles. The van der Waals surface area contributed by atoms with Crippen LogP contribution in [0.15, 0.2) is 76.7 Å². The van der Waals surface area contributed by atoms with Crippen LogP contribution in [-0.2, 0) is 6.54 Å². The van der Waals surface area contributed by atoms with Gasteiger partial charge in [-0.25, -0.2) is 4.39 Å². The predicted octanol–water partition coefficient (Wildman–Crippen LogP) is 4.21. The fourth-order valence-electron chi connectivity index (χ4n) is 2.31. The number of carbonyl (C=O) groups is 1. The maximum Gasteiger partial charge on any atom is 0.270 e. The molecule has 0 bridgehead atoms. The molecule has 0 atom stereocenters. The molecule has 1 aromatic heterocycles. The molecule has 27 heavy (non-hydrogen) atoms. The highest BCUT2D eigenvalue weighted by atomic mass is 32.2. The molecule has 0 unspecified atom stereocenters. The molecular formula is C19H14FN3O3S. The topological polar surface area (TPSA) is 85.1 Å². The minimum Gasteiger partial charge on any atom is -0.346 e. The van der Waals surface area contributed by atoms with Crippen molar-refractivity contribution in [2.24, 2.45) is 0 Å². The highest BCUT2D eigenvalue weighted by Gasteiger charge is 2.18. The fraction of sp³-hybridized carbons (Fsp3) is 0.0526. The van der Waals surface area contributed by atoms with Crippen molar-refractivity contribution in [2.75, 3.05) is 0 Å². The van der Waals surface area contributed by atoms with Crippen LogP contribution in [0.2, 0.25) is 0 Å². The number of nitro groups is 1. The Labute approximate surface area is 158 Å². The van der Waals surface area contributed by atoms with Crippen molar-refractivity contribution in [3.8, 4) is 0 Å². The first-order valence-electron chi connectivity index (χ1n) is 7.93. The summed E-state index contributed by atoms with van der Waals surface area (Å²) < 4.78 is 13.9. The first kappa shape index (κ1) is 18.5. The van der Waals surface area contributed by atoms with Gasteiger partial charge >= 0.3 is 0 Å². The summed E-state index contributed by atoms with van der Waals surface area (Å²) in [6.45, 7) is 0.173. The summed E-state index contributed by atoms with van der Waals surface area (Å²) in [5.41, 5.74) is 0.545. The van der Waals surface area contributed by atoms with E-state index in [0.29, 0.717) is 15.5 Å². The van der Waals surface area contributed by atoms with Crippen LogP contribution in [0.5, 0.6) is 0 Å². The van der Waals surface area contributed by atoms with Gasteiger partial charge in [0, 0.05) is 28.1 Å². The zero-order valence-corrected chi connectivity index (χ0v) is 14.8. The van der Waals surface area contributed by atoms with Crippen molar-refractivity contribution in [3.63, 3.8) is 0 Å². The van der Waals surface area contributed by atoms with Crippen LogP contribution in [0.1, 0.15) is 16.1 Å². The second kappa shape index (κ2) is 8.41. The van der Waals surface area contributed by atoms with Crippen molar-refractivity contribution in [1.29, 1.82) is 0 Å². The van der Waals surface area contributed by atoms with Gasteiger partial charge in [0.05, 0.1) is 22.7 Å². The molecule has 0 aliphatic rings. The lowest BCUT2D eigenvalue weighted by atomic mass is 10.2.